The normalized spacial score (nSPS) is 24.2. The molecule has 0 saturated carbocycles. The number of aryl methyl sites for hydroxylation is 1. The van der Waals surface area contributed by atoms with Gasteiger partial charge in [0.1, 0.15) is 5.69 Å². The lowest BCUT2D eigenvalue weighted by Crippen LogP contribution is -2.42. The van der Waals surface area contributed by atoms with Crippen LogP contribution in [0.1, 0.15) is 25.3 Å². The molecule has 1 fully saturated rings. The summed E-state index contributed by atoms with van der Waals surface area (Å²) in [4.78, 5) is 13.1. The van der Waals surface area contributed by atoms with E-state index in [-0.39, 0.29) is 10.6 Å². The zero-order valence-electron chi connectivity index (χ0n) is 11.7. The molecule has 5 nitrogen and oxygen atoms in total. The van der Waals surface area contributed by atoms with Gasteiger partial charge in [-0.25, -0.2) is 0 Å². The first-order valence-electron chi connectivity index (χ1n) is 6.70. The van der Waals surface area contributed by atoms with E-state index in [0.29, 0.717) is 17.8 Å². The number of nitrogens with zero attached hydrogens (tertiary/aromatic N) is 2. The molecule has 1 aliphatic heterocycles. The van der Waals surface area contributed by atoms with Gasteiger partial charge < -0.3 is 10.2 Å². The molecular weight excluding hydrogens is 242 g/mol. The molecule has 5 heteroatoms. The van der Waals surface area contributed by atoms with E-state index in [1.54, 1.807) is 12.1 Å². The number of anilines is 1. The third-order valence-corrected chi connectivity index (χ3v) is 4.00. The summed E-state index contributed by atoms with van der Waals surface area (Å²) in [6.07, 6.45) is 2.04. The lowest BCUT2D eigenvalue weighted by Gasteiger charge is -2.35. The lowest BCUT2D eigenvalue weighted by molar-refractivity contribution is -0.384. The van der Waals surface area contributed by atoms with Gasteiger partial charge in [0.05, 0.1) is 4.92 Å². The molecule has 19 heavy (non-hydrogen) atoms. The van der Waals surface area contributed by atoms with Crippen LogP contribution in [0.4, 0.5) is 11.4 Å². The SMILES string of the molecule is Cc1cccc([N+](=O)[O-])c1NC1CCN(C)C(C)C1. The number of nitrogens with one attached hydrogen (secondary N) is 1. The summed E-state index contributed by atoms with van der Waals surface area (Å²) >= 11 is 0. The van der Waals surface area contributed by atoms with Crippen molar-refractivity contribution < 1.29 is 4.92 Å². The Kier molecular flexibility index (Phi) is 4.04. The number of piperidine rings is 1. The molecule has 0 radical (unpaired) electrons. The first-order valence-corrected chi connectivity index (χ1v) is 6.70. The first kappa shape index (κ1) is 13.8. The maximum atomic E-state index is 11.1. The second-order valence-electron chi connectivity index (χ2n) is 5.42. The van der Waals surface area contributed by atoms with Gasteiger partial charge in [0.2, 0.25) is 0 Å². The zero-order valence-corrected chi connectivity index (χ0v) is 11.7. The summed E-state index contributed by atoms with van der Waals surface area (Å²) < 4.78 is 0. The van der Waals surface area contributed by atoms with Crippen LogP contribution in [0.15, 0.2) is 18.2 Å². The second kappa shape index (κ2) is 5.57. The Morgan fingerprint density at radius 3 is 2.84 bits per heavy atom. The Hall–Kier alpha value is -1.62. The number of hydrogen-bond acceptors (Lipinski definition) is 4. The van der Waals surface area contributed by atoms with Crippen molar-refractivity contribution in [2.24, 2.45) is 0 Å². The van der Waals surface area contributed by atoms with Crippen LogP contribution in [0.25, 0.3) is 0 Å². The van der Waals surface area contributed by atoms with E-state index in [9.17, 15) is 10.1 Å². The first-order chi connectivity index (χ1) is 8.99. The number of para-hydroxylation sites is 1. The van der Waals surface area contributed by atoms with Crippen LogP contribution in [0.5, 0.6) is 0 Å². The van der Waals surface area contributed by atoms with Crippen LogP contribution >= 0.6 is 0 Å². The van der Waals surface area contributed by atoms with E-state index in [2.05, 4.69) is 24.2 Å². The highest BCUT2D eigenvalue weighted by atomic mass is 16.6. The average Bonchev–Trinajstić information content (AvgIpc) is 2.36. The molecule has 1 saturated heterocycles. The molecule has 104 valence electrons. The maximum absolute atomic E-state index is 11.1. The highest BCUT2D eigenvalue weighted by Crippen LogP contribution is 2.30. The van der Waals surface area contributed by atoms with Gasteiger partial charge in [-0.05, 0) is 39.3 Å². The second-order valence-corrected chi connectivity index (χ2v) is 5.42. The fourth-order valence-corrected chi connectivity index (χ4v) is 2.62. The van der Waals surface area contributed by atoms with Crippen LogP contribution in [0.2, 0.25) is 0 Å². The van der Waals surface area contributed by atoms with Crippen molar-refractivity contribution in [2.45, 2.75) is 38.8 Å². The monoisotopic (exact) mass is 263 g/mol. The minimum atomic E-state index is -0.312. The minimum Gasteiger partial charge on any atom is -0.376 e. The van der Waals surface area contributed by atoms with Crippen LogP contribution in [-0.2, 0) is 0 Å². The Bertz CT molecular complexity index is 476. The predicted molar refractivity (Wildman–Crippen MR) is 76.6 cm³/mol. The lowest BCUT2D eigenvalue weighted by atomic mass is 9.98. The number of hydrogen-bond donors (Lipinski definition) is 1. The van der Waals surface area contributed by atoms with Gasteiger partial charge in [0.25, 0.3) is 5.69 Å². The van der Waals surface area contributed by atoms with Gasteiger partial charge >= 0.3 is 0 Å². The zero-order chi connectivity index (χ0) is 14.0. The molecule has 0 bridgehead atoms. The number of nitro groups is 1. The van der Waals surface area contributed by atoms with Gasteiger partial charge in [-0.2, -0.15) is 0 Å². The summed E-state index contributed by atoms with van der Waals surface area (Å²) in [6.45, 7) is 5.13. The van der Waals surface area contributed by atoms with E-state index < -0.39 is 0 Å². The number of likely N-dealkylation sites (tertiary alicyclic amines) is 1. The van der Waals surface area contributed by atoms with Crippen molar-refractivity contribution >= 4 is 11.4 Å². The quantitative estimate of drug-likeness (QED) is 0.673. The molecule has 1 aromatic rings. The third-order valence-electron chi connectivity index (χ3n) is 4.00. The average molecular weight is 263 g/mol. The molecule has 1 N–H and O–H groups in total. The molecular formula is C14H21N3O2. The van der Waals surface area contributed by atoms with Crippen molar-refractivity contribution in [1.82, 2.24) is 4.90 Å². The van der Waals surface area contributed by atoms with Crippen LogP contribution in [0.3, 0.4) is 0 Å². The topological polar surface area (TPSA) is 58.4 Å². The Labute approximate surface area is 113 Å². The molecule has 0 aliphatic carbocycles. The molecule has 0 spiro atoms. The van der Waals surface area contributed by atoms with Gasteiger partial charge in [-0.1, -0.05) is 12.1 Å². The summed E-state index contributed by atoms with van der Waals surface area (Å²) in [6, 6.07) is 6.03. The minimum absolute atomic E-state index is 0.173. The van der Waals surface area contributed by atoms with Crippen LogP contribution in [-0.4, -0.2) is 35.5 Å². The summed E-state index contributed by atoms with van der Waals surface area (Å²) in [7, 11) is 2.12. The molecule has 1 heterocycles. The van der Waals surface area contributed by atoms with Gasteiger partial charge in [0, 0.05) is 24.7 Å². The van der Waals surface area contributed by atoms with Crippen molar-refractivity contribution in [3.8, 4) is 0 Å². The van der Waals surface area contributed by atoms with E-state index in [0.717, 1.165) is 24.9 Å². The molecule has 0 aromatic heterocycles. The Morgan fingerprint density at radius 1 is 1.47 bits per heavy atom. The number of rotatable bonds is 3. The van der Waals surface area contributed by atoms with E-state index in [4.69, 9.17) is 0 Å². The summed E-state index contributed by atoms with van der Waals surface area (Å²) in [5.41, 5.74) is 1.78. The van der Waals surface area contributed by atoms with Crippen molar-refractivity contribution in [3.63, 3.8) is 0 Å². The van der Waals surface area contributed by atoms with E-state index in [1.807, 2.05) is 13.0 Å². The van der Waals surface area contributed by atoms with Crippen molar-refractivity contribution in [2.75, 3.05) is 18.9 Å². The summed E-state index contributed by atoms with van der Waals surface area (Å²) in [5.74, 6) is 0. The highest BCUT2D eigenvalue weighted by molar-refractivity contribution is 5.66. The molecule has 1 aromatic carbocycles. The number of nitro benzene ring substituents is 1. The van der Waals surface area contributed by atoms with Crippen LogP contribution < -0.4 is 5.32 Å². The van der Waals surface area contributed by atoms with Crippen molar-refractivity contribution in [1.29, 1.82) is 0 Å². The van der Waals surface area contributed by atoms with Gasteiger partial charge in [-0.3, -0.25) is 10.1 Å². The fraction of sp³-hybridized carbons (Fsp3) is 0.571. The molecule has 1 aliphatic rings. The molecule has 2 rings (SSSR count). The molecule has 2 atom stereocenters. The molecule has 2 unspecified atom stereocenters. The Morgan fingerprint density at radius 2 is 2.21 bits per heavy atom. The smallest absolute Gasteiger partial charge is 0.292 e. The van der Waals surface area contributed by atoms with Gasteiger partial charge in [-0.15, -0.1) is 0 Å². The van der Waals surface area contributed by atoms with Crippen molar-refractivity contribution in [3.05, 3.63) is 33.9 Å². The number of benzene rings is 1. The third kappa shape index (κ3) is 3.04. The molecule has 0 amide bonds. The maximum Gasteiger partial charge on any atom is 0.292 e. The summed E-state index contributed by atoms with van der Waals surface area (Å²) in [5, 5.41) is 14.5. The Balaban J connectivity index is 2.17. The van der Waals surface area contributed by atoms with Crippen LogP contribution in [0, 0.1) is 17.0 Å². The largest absolute Gasteiger partial charge is 0.376 e. The standard InChI is InChI=1S/C14H21N3O2/c1-10-5-4-6-13(17(18)19)14(10)15-12-7-8-16(3)11(2)9-12/h4-6,11-12,15H,7-9H2,1-3H3. The van der Waals surface area contributed by atoms with E-state index >= 15 is 0 Å². The van der Waals surface area contributed by atoms with Gasteiger partial charge in [0.15, 0.2) is 0 Å². The van der Waals surface area contributed by atoms with E-state index in [1.165, 1.54) is 0 Å². The fourth-order valence-electron chi connectivity index (χ4n) is 2.62. The highest BCUT2D eigenvalue weighted by Gasteiger charge is 2.25. The predicted octanol–water partition coefficient (Wildman–Crippen LogP) is 2.80.